The minimum atomic E-state index is -0.373. The summed E-state index contributed by atoms with van der Waals surface area (Å²) >= 11 is 0. The summed E-state index contributed by atoms with van der Waals surface area (Å²) in [7, 11) is 0. The first-order valence-electron chi connectivity index (χ1n) is 8.24. The Morgan fingerprint density at radius 2 is 2.16 bits per heavy atom. The van der Waals surface area contributed by atoms with Crippen LogP contribution in [0.3, 0.4) is 0 Å². The molecule has 25 heavy (non-hydrogen) atoms. The highest BCUT2D eigenvalue weighted by atomic mass is 19.1. The smallest absolute Gasteiger partial charge is 0.151 e. The molecule has 0 spiro atoms. The fourth-order valence-corrected chi connectivity index (χ4v) is 2.91. The molecule has 0 radical (unpaired) electrons. The highest BCUT2D eigenvalue weighted by Crippen LogP contribution is 2.26. The number of hydrogen-bond donors (Lipinski definition) is 2. The van der Waals surface area contributed by atoms with E-state index in [0.29, 0.717) is 12.1 Å². The molecule has 4 rings (SSSR count). The van der Waals surface area contributed by atoms with Crippen LogP contribution in [-0.4, -0.2) is 34.1 Å². The highest BCUT2D eigenvalue weighted by Gasteiger charge is 2.17. The molecule has 6 nitrogen and oxygen atoms in total. The summed E-state index contributed by atoms with van der Waals surface area (Å²) in [6.45, 7) is 2.25. The number of ether oxygens (including phenoxy) is 1. The van der Waals surface area contributed by atoms with Gasteiger partial charge in [-0.05, 0) is 30.7 Å². The Hall–Kier alpha value is -2.80. The molecule has 2 aromatic heterocycles. The van der Waals surface area contributed by atoms with E-state index in [1.54, 1.807) is 18.6 Å². The third-order valence-electron chi connectivity index (χ3n) is 4.16. The Morgan fingerprint density at radius 1 is 1.24 bits per heavy atom. The minimum Gasteiger partial charge on any atom is -0.487 e. The standard InChI is InChI=1S/C18H18FN5O/c19-14-7-12(8-15-18(14)23-6-5-22-15)9-24-16-11-21-4-2-17(16)25-13-1-3-20-10-13/h2,4-8,11,13,20,24H,1,3,9-10H2. The van der Waals surface area contributed by atoms with Gasteiger partial charge in [0, 0.05) is 37.7 Å². The second-order valence-electron chi connectivity index (χ2n) is 5.96. The quantitative estimate of drug-likeness (QED) is 0.744. The van der Waals surface area contributed by atoms with Gasteiger partial charge in [0.2, 0.25) is 0 Å². The Bertz CT molecular complexity index is 882. The van der Waals surface area contributed by atoms with E-state index >= 15 is 0 Å². The zero-order valence-corrected chi connectivity index (χ0v) is 13.6. The van der Waals surface area contributed by atoms with Crippen molar-refractivity contribution in [3.63, 3.8) is 0 Å². The van der Waals surface area contributed by atoms with Crippen LogP contribution in [0.15, 0.2) is 43.0 Å². The van der Waals surface area contributed by atoms with Gasteiger partial charge in [-0.1, -0.05) is 0 Å². The van der Waals surface area contributed by atoms with Crippen LogP contribution in [0.5, 0.6) is 5.75 Å². The summed E-state index contributed by atoms with van der Waals surface area (Å²) in [6.07, 6.45) is 7.61. The molecule has 3 aromatic rings. The van der Waals surface area contributed by atoms with Crippen LogP contribution >= 0.6 is 0 Å². The normalized spacial score (nSPS) is 16.9. The summed E-state index contributed by atoms with van der Waals surface area (Å²) in [5, 5.41) is 6.55. The number of benzene rings is 1. The van der Waals surface area contributed by atoms with E-state index in [1.807, 2.05) is 12.1 Å². The van der Waals surface area contributed by atoms with Crippen molar-refractivity contribution in [2.45, 2.75) is 19.1 Å². The van der Waals surface area contributed by atoms with Gasteiger partial charge < -0.3 is 15.4 Å². The lowest BCUT2D eigenvalue weighted by molar-refractivity contribution is 0.224. The molecule has 0 amide bonds. The van der Waals surface area contributed by atoms with Crippen LogP contribution in [0.4, 0.5) is 10.1 Å². The van der Waals surface area contributed by atoms with Crippen molar-refractivity contribution < 1.29 is 9.13 Å². The maximum absolute atomic E-state index is 14.1. The van der Waals surface area contributed by atoms with Crippen LogP contribution in [0.2, 0.25) is 0 Å². The van der Waals surface area contributed by atoms with Gasteiger partial charge in [0.15, 0.2) is 5.82 Å². The Balaban J connectivity index is 1.51. The van der Waals surface area contributed by atoms with Crippen molar-refractivity contribution in [1.82, 2.24) is 20.3 Å². The molecule has 3 heterocycles. The molecule has 1 aliphatic rings. The molecule has 1 atom stereocenters. The maximum Gasteiger partial charge on any atom is 0.151 e. The van der Waals surface area contributed by atoms with Crippen LogP contribution in [-0.2, 0) is 6.54 Å². The zero-order valence-electron chi connectivity index (χ0n) is 13.6. The summed E-state index contributed by atoms with van der Waals surface area (Å²) in [6, 6.07) is 5.14. The molecule has 1 fully saturated rings. The monoisotopic (exact) mass is 339 g/mol. The van der Waals surface area contributed by atoms with Gasteiger partial charge in [0.05, 0.1) is 17.4 Å². The zero-order chi connectivity index (χ0) is 17.1. The second-order valence-corrected chi connectivity index (χ2v) is 5.96. The van der Waals surface area contributed by atoms with E-state index in [1.165, 1.54) is 12.3 Å². The lowest BCUT2D eigenvalue weighted by Gasteiger charge is -2.16. The van der Waals surface area contributed by atoms with Gasteiger partial charge in [0.1, 0.15) is 17.4 Å². The summed E-state index contributed by atoms with van der Waals surface area (Å²) in [5.41, 5.74) is 2.39. The van der Waals surface area contributed by atoms with Gasteiger partial charge in [-0.25, -0.2) is 9.37 Å². The molecular formula is C18H18FN5O. The number of fused-ring (bicyclic) bond motifs is 1. The molecule has 0 aliphatic carbocycles. The van der Waals surface area contributed by atoms with Gasteiger partial charge in [-0.2, -0.15) is 0 Å². The first-order chi connectivity index (χ1) is 12.3. The first kappa shape index (κ1) is 15.7. The SMILES string of the molecule is Fc1cc(CNc2cnccc2OC2CCNC2)cc2nccnc12. The van der Waals surface area contributed by atoms with Crippen LogP contribution in [0, 0.1) is 5.82 Å². The highest BCUT2D eigenvalue weighted by molar-refractivity contribution is 5.75. The average molecular weight is 339 g/mol. The topological polar surface area (TPSA) is 72.0 Å². The molecule has 2 N–H and O–H groups in total. The molecule has 1 aliphatic heterocycles. The first-order valence-corrected chi connectivity index (χ1v) is 8.24. The second kappa shape index (κ2) is 6.98. The van der Waals surface area contributed by atoms with Gasteiger partial charge in [0.25, 0.3) is 0 Å². The number of pyridine rings is 1. The summed E-state index contributed by atoms with van der Waals surface area (Å²) in [4.78, 5) is 12.3. The largest absolute Gasteiger partial charge is 0.487 e. The number of rotatable bonds is 5. The van der Waals surface area contributed by atoms with Crippen LogP contribution < -0.4 is 15.4 Å². The van der Waals surface area contributed by atoms with Crippen molar-refractivity contribution in [2.24, 2.45) is 0 Å². The van der Waals surface area contributed by atoms with Crippen molar-refractivity contribution in [3.8, 4) is 5.75 Å². The van der Waals surface area contributed by atoms with Crippen molar-refractivity contribution >= 4 is 16.7 Å². The molecule has 7 heteroatoms. The van der Waals surface area contributed by atoms with Gasteiger partial charge >= 0.3 is 0 Å². The average Bonchev–Trinajstić information content (AvgIpc) is 3.14. The summed E-state index contributed by atoms with van der Waals surface area (Å²) < 4.78 is 20.2. The van der Waals surface area contributed by atoms with E-state index in [4.69, 9.17) is 4.74 Å². The third kappa shape index (κ3) is 3.51. The van der Waals surface area contributed by atoms with E-state index in [-0.39, 0.29) is 17.4 Å². The predicted octanol–water partition coefficient (Wildman–Crippen LogP) is 2.52. The van der Waals surface area contributed by atoms with Gasteiger partial charge in [-0.15, -0.1) is 0 Å². The fraction of sp³-hybridized carbons (Fsp3) is 0.278. The molecule has 1 unspecified atom stereocenters. The fourth-order valence-electron chi connectivity index (χ4n) is 2.91. The number of nitrogens with zero attached hydrogens (tertiary/aromatic N) is 3. The van der Waals surface area contributed by atoms with Crippen LogP contribution in [0.25, 0.3) is 11.0 Å². The van der Waals surface area contributed by atoms with Crippen molar-refractivity contribution in [1.29, 1.82) is 0 Å². The van der Waals surface area contributed by atoms with Gasteiger partial charge in [-0.3, -0.25) is 9.97 Å². The Labute approximate surface area is 144 Å². The van der Waals surface area contributed by atoms with Crippen LogP contribution in [0.1, 0.15) is 12.0 Å². The molecule has 1 aromatic carbocycles. The van der Waals surface area contributed by atoms with E-state index in [2.05, 4.69) is 25.6 Å². The third-order valence-corrected chi connectivity index (χ3v) is 4.16. The Kier molecular flexibility index (Phi) is 4.39. The van der Waals surface area contributed by atoms with Crippen molar-refractivity contribution in [3.05, 3.63) is 54.4 Å². The molecule has 128 valence electrons. The lowest BCUT2D eigenvalue weighted by Crippen LogP contribution is -2.20. The van der Waals surface area contributed by atoms with E-state index < -0.39 is 0 Å². The number of anilines is 1. The molecule has 1 saturated heterocycles. The number of nitrogens with one attached hydrogen (secondary N) is 2. The summed E-state index contributed by atoms with van der Waals surface area (Å²) in [5.74, 6) is 0.381. The van der Waals surface area contributed by atoms with E-state index in [0.717, 1.165) is 36.5 Å². The maximum atomic E-state index is 14.1. The number of halogens is 1. The minimum absolute atomic E-state index is 0.163. The number of aromatic nitrogens is 3. The molecular weight excluding hydrogens is 321 g/mol. The van der Waals surface area contributed by atoms with Crippen molar-refractivity contribution in [2.75, 3.05) is 18.4 Å². The predicted molar refractivity (Wildman–Crippen MR) is 93.0 cm³/mol. The molecule has 0 bridgehead atoms. The number of hydrogen-bond acceptors (Lipinski definition) is 6. The van der Waals surface area contributed by atoms with E-state index in [9.17, 15) is 4.39 Å². The lowest BCUT2D eigenvalue weighted by atomic mass is 10.1. The Morgan fingerprint density at radius 3 is 3.04 bits per heavy atom. The molecule has 0 saturated carbocycles.